The molecule has 17 heavy (non-hydrogen) atoms. The second kappa shape index (κ2) is 4.70. The monoisotopic (exact) mass is 243 g/mol. The Morgan fingerprint density at radius 1 is 1.53 bits per heavy atom. The summed E-state index contributed by atoms with van der Waals surface area (Å²) in [6.07, 6.45) is -0.668. The van der Waals surface area contributed by atoms with Crippen LogP contribution < -0.4 is 10.6 Å². The first-order chi connectivity index (χ1) is 7.74. The lowest BCUT2D eigenvalue weighted by atomic mass is 10.1. The summed E-state index contributed by atoms with van der Waals surface area (Å²) in [6.45, 7) is 4.42. The Kier molecular flexibility index (Phi) is 3.72. The molecule has 1 aliphatic heterocycles. The van der Waals surface area contributed by atoms with Gasteiger partial charge in [-0.1, -0.05) is 0 Å². The van der Waals surface area contributed by atoms with Crippen molar-refractivity contribution >= 4 is 17.8 Å². The number of nitrogens with zero attached hydrogens (tertiary/aromatic N) is 1. The molecule has 7 nitrogen and oxygen atoms in total. The van der Waals surface area contributed by atoms with Gasteiger partial charge < -0.3 is 15.7 Å². The second-order valence-corrected chi connectivity index (χ2v) is 4.60. The van der Waals surface area contributed by atoms with E-state index in [4.69, 9.17) is 5.11 Å². The summed E-state index contributed by atoms with van der Waals surface area (Å²) in [5.41, 5.74) is -0.971. The number of carbonyl (C=O) groups excluding carboxylic acids is 3. The summed E-state index contributed by atoms with van der Waals surface area (Å²) in [7, 11) is 0. The van der Waals surface area contributed by atoms with Crippen molar-refractivity contribution in [2.24, 2.45) is 0 Å². The van der Waals surface area contributed by atoms with Gasteiger partial charge in [-0.25, -0.2) is 4.79 Å². The second-order valence-electron chi connectivity index (χ2n) is 4.60. The maximum absolute atomic E-state index is 11.7. The van der Waals surface area contributed by atoms with Crippen LogP contribution in [0.5, 0.6) is 0 Å². The SMILES string of the molecule is CC(O)CNC(=O)CN1C(=O)NC(C)(C)C1=O. The zero-order chi connectivity index (χ0) is 13.2. The summed E-state index contributed by atoms with van der Waals surface area (Å²) >= 11 is 0. The van der Waals surface area contributed by atoms with E-state index in [0.717, 1.165) is 4.90 Å². The normalized spacial score (nSPS) is 20.1. The van der Waals surface area contributed by atoms with Crippen LogP contribution in [0, 0.1) is 0 Å². The highest BCUT2D eigenvalue weighted by Gasteiger charge is 2.44. The Bertz CT molecular complexity index is 351. The number of rotatable bonds is 4. The van der Waals surface area contributed by atoms with Crippen LogP contribution in [0.2, 0.25) is 0 Å². The molecule has 7 heteroatoms. The Balaban J connectivity index is 2.55. The summed E-state index contributed by atoms with van der Waals surface area (Å²) in [5.74, 6) is -0.915. The zero-order valence-electron chi connectivity index (χ0n) is 10.1. The fourth-order valence-corrected chi connectivity index (χ4v) is 1.42. The van der Waals surface area contributed by atoms with E-state index < -0.39 is 29.5 Å². The molecule has 1 atom stereocenters. The van der Waals surface area contributed by atoms with Crippen LogP contribution in [0.4, 0.5) is 4.79 Å². The minimum Gasteiger partial charge on any atom is -0.392 e. The quantitative estimate of drug-likeness (QED) is 0.541. The molecule has 0 spiro atoms. The highest BCUT2D eigenvalue weighted by atomic mass is 16.3. The Morgan fingerprint density at radius 3 is 2.53 bits per heavy atom. The lowest BCUT2D eigenvalue weighted by molar-refractivity contribution is -0.134. The first kappa shape index (κ1) is 13.4. The number of nitrogens with one attached hydrogen (secondary N) is 2. The molecule has 0 bridgehead atoms. The molecule has 0 saturated carbocycles. The summed E-state index contributed by atoms with van der Waals surface area (Å²) in [4.78, 5) is 35.4. The average molecular weight is 243 g/mol. The van der Waals surface area contributed by atoms with E-state index in [1.54, 1.807) is 13.8 Å². The van der Waals surface area contributed by atoms with Gasteiger partial charge in [0.15, 0.2) is 0 Å². The Hall–Kier alpha value is -1.63. The summed E-state index contributed by atoms with van der Waals surface area (Å²) < 4.78 is 0. The lowest BCUT2D eigenvalue weighted by Crippen LogP contribution is -2.44. The predicted octanol–water partition coefficient (Wildman–Crippen LogP) is -1.19. The molecule has 0 aromatic carbocycles. The van der Waals surface area contributed by atoms with Gasteiger partial charge in [0.05, 0.1) is 6.10 Å². The van der Waals surface area contributed by atoms with Gasteiger partial charge in [-0.05, 0) is 20.8 Å². The molecule has 1 saturated heterocycles. The van der Waals surface area contributed by atoms with Crippen LogP contribution in [0.3, 0.4) is 0 Å². The molecule has 1 fully saturated rings. The number of aliphatic hydroxyl groups excluding tert-OH is 1. The van der Waals surface area contributed by atoms with Crippen molar-refractivity contribution < 1.29 is 19.5 Å². The molecule has 1 unspecified atom stereocenters. The lowest BCUT2D eigenvalue weighted by Gasteiger charge is -2.15. The van der Waals surface area contributed by atoms with Gasteiger partial charge in [-0.2, -0.15) is 0 Å². The molecular formula is C10H17N3O4. The summed E-state index contributed by atoms with van der Waals surface area (Å²) in [6, 6.07) is -0.577. The number of hydrogen-bond acceptors (Lipinski definition) is 4. The highest BCUT2D eigenvalue weighted by Crippen LogP contribution is 2.15. The number of hydrogen-bond donors (Lipinski definition) is 3. The van der Waals surface area contributed by atoms with E-state index >= 15 is 0 Å². The number of amides is 4. The van der Waals surface area contributed by atoms with Crippen LogP contribution in [0.25, 0.3) is 0 Å². The average Bonchev–Trinajstić information content (AvgIpc) is 2.38. The first-order valence-corrected chi connectivity index (χ1v) is 5.33. The predicted molar refractivity (Wildman–Crippen MR) is 59.0 cm³/mol. The van der Waals surface area contributed by atoms with Crippen LogP contribution in [0.15, 0.2) is 0 Å². The summed E-state index contributed by atoms with van der Waals surface area (Å²) in [5, 5.41) is 13.9. The number of urea groups is 1. The molecule has 3 N–H and O–H groups in total. The van der Waals surface area contributed by atoms with E-state index in [9.17, 15) is 14.4 Å². The molecule has 1 heterocycles. The molecule has 4 amide bonds. The molecule has 1 rings (SSSR count). The minimum atomic E-state index is -0.971. The van der Waals surface area contributed by atoms with Gasteiger partial charge in [-0.3, -0.25) is 14.5 Å². The third-order valence-corrected chi connectivity index (χ3v) is 2.34. The topological polar surface area (TPSA) is 98.7 Å². The Morgan fingerprint density at radius 2 is 2.12 bits per heavy atom. The largest absolute Gasteiger partial charge is 0.392 e. The van der Waals surface area contributed by atoms with E-state index in [2.05, 4.69) is 10.6 Å². The van der Waals surface area contributed by atoms with Gasteiger partial charge in [-0.15, -0.1) is 0 Å². The van der Waals surface area contributed by atoms with Crippen molar-refractivity contribution in [3.8, 4) is 0 Å². The van der Waals surface area contributed by atoms with Crippen molar-refractivity contribution in [1.29, 1.82) is 0 Å². The van der Waals surface area contributed by atoms with Crippen LogP contribution >= 0.6 is 0 Å². The molecule has 1 aliphatic rings. The molecular weight excluding hydrogens is 226 g/mol. The van der Waals surface area contributed by atoms with Crippen molar-refractivity contribution in [1.82, 2.24) is 15.5 Å². The fraction of sp³-hybridized carbons (Fsp3) is 0.700. The van der Waals surface area contributed by atoms with Gasteiger partial charge >= 0.3 is 6.03 Å². The third-order valence-electron chi connectivity index (χ3n) is 2.34. The van der Waals surface area contributed by atoms with Gasteiger partial charge in [0.25, 0.3) is 5.91 Å². The van der Waals surface area contributed by atoms with Gasteiger partial charge in [0, 0.05) is 6.54 Å². The third kappa shape index (κ3) is 3.16. The van der Waals surface area contributed by atoms with Crippen LogP contribution in [-0.2, 0) is 9.59 Å². The fourth-order valence-electron chi connectivity index (χ4n) is 1.42. The van der Waals surface area contributed by atoms with Crippen molar-refractivity contribution in [2.45, 2.75) is 32.4 Å². The maximum Gasteiger partial charge on any atom is 0.325 e. The number of imide groups is 1. The first-order valence-electron chi connectivity index (χ1n) is 5.33. The Labute approximate surface area is 99.2 Å². The zero-order valence-corrected chi connectivity index (χ0v) is 10.1. The molecule has 96 valence electrons. The van der Waals surface area contributed by atoms with E-state index in [1.165, 1.54) is 6.92 Å². The van der Waals surface area contributed by atoms with E-state index in [1.807, 2.05) is 0 Å². The smallest absolute Gasteiger partial charge is 0.325 e. The van der Waals surface area contributed by atoms with Gasteiger partial charge in [0.1, 0.15) is 12.1 Å². The van der Waals surface area contributed by atoms with E-state index in [0.29, 0.717) is 0 Å². The molecule has 0 aliphatic carbocycles. The molecule has 0 aromatic heterocycles. The standard InChI is InChI=1S/C10H17N3O4/c1-6(14)4-11-7(15)5-13-8(16)10(2,3)12-9(13)17/h6,14H,4-5H2,1-3H3,(H,11,15)(H,12,17). The number of aliphatic hydroxyl groups is 1. The van der Waals surface area contributed by atoms with E-state index in [-0.39, 0.29) is 13.1 Å². The van der Waals surface area contributed by atoms with Crippen LogP contribution in [0.1, 0.15) is 20.8 Å². The molecule has 0 aromatic rings. The van der Waals surface area contributed by atoms with Crippen molar-refractivity contribution in [3.63, 3.8) is 0 Å². The van der Waals surface area contributed by atoms with Crippen molar-refractivity contribution in [3.05, 3.63) is 0 Å². The van der Waals surface area contributed by atoms with Gasteiger partial charge in [0.2, 0.25) is 5.91 Å². The maximum atomic E-state index is 11.7. The number of carbonyl (C=O) groups is 3. The van der Waals surface area contributed by atoms with Crippen molar-refractivity contribution in [2.75, 3.05) is 13.1 Å². The van der Waals surface area contributed by atoms with Crippen LogP contribution in [-0.4, -0.2) is 52.6 Å². The highest BCUT2D eigenvalue weighted by molar-refractivity contribution is 6.08. The molecule has 0 radical (unpaired) electrons. The minimum absolute atomic E-state index is 0.0892.